The lowest BCUT2D eigenvalue weighted by atomic mass is 9.68. The summed E-state index contributed by atoms with van der Waals surface area (Å²) in [6.45, 7) is 3.46. The maximum absolute atomic E-state index is 13.7. The predicted octanol–water partition coefficient (Wildman–Crippen LogP) is 3.03. The maximum Gasteiger partial charge on any atom is 0.327 e. The zero-order valence-corrected chi connectivity index (χ0v) is 21.1. The number of thioether (sulfide) groups is 1. The van der Waals surface area contributed by atoms with Crippen LogP contribution in [0, 0.1) is 35.5 Å². The summed E-state index contributed by atoms with van der Waals surface area (Å²) in [4.78, 5) is 56.5. The Bertz CT molecular complexity index is 1280. The molecule has 2 saturated carbocycles. The maximum atomic E-state index is 13.7. The third kappa shape index (κ3) is 3.11. The summed E-state index contributed by atoms with van der Waals surface area (Å²) in [7, 11) is 1.62. The first kappa shape index (κ1) is 22.8. The van der Waals surface area contributed by atoms with Crippen LogP contribution in [0.3, 0.4) is 0 Å². The zero-order valence-electron chi connectivity index (χ0n) is 19.5. The average molecular weight is 515 g/mol. The first-order valence-corrected chi connectivity index (χ1v) is 13.6. The van der Waals surface area contributed by atoms with Gasteiger partial charge in [-0.15, -0.1) is 11.8 Å². The Balaban J connectivity index is 1.43. The molecule has 2 aliphatic carbocycles. The van der Waals surface area contributed by atoms with E-state index in [1.807, 2.05) is 24.3 Å². The van der Waals surface area contributed by atoms with Crippen LogP contribution in [0.25, 0.3) is 0 Å². The number of hydrogen-bond acceptors (Lipinski definition) is 7. The van der Waals surface area contributed by atoms with Crippen molar-refractivity contribution in [3.63, 3.8) is 0 Å². The van der Waals surface area contributed by atoms with E-state index >= 15 is 0 Å². The summed E-state index contributed by atoms with van der Waals surface area (Å²) in [5.74, 6) is -2.48. The summed E-state index contributed by atoms with van der Waals surface area (Å²) in [5, 5.41) is 10.7. The molecular formula is C25H26N2O6S2. The van der Waals surface area contributed by atoms with Crippen LogP contribution in [0.4, 0.5) is 0 Å². The topological polar surface area (TPSA) is 117 Å². The summed E-state index contributed by atoms with van der Waals surface area (Å²) in [6.07, 6.45) is 0.772. The van der Waals surface area contributed by atoms with E-state index in [0.717, 1.165) is 32.5 Å². The Morgan fingerprint density at radius 2 is 1.77 bits per heavy atom. The quantitative estimate of drug-likeness (QED) is 0.589. The summed E-state index contributed by atoms with van der Waals surface area (Å²) >= 11 is 2.84. The summed E-state index contributed by atoms with van der Waals surface area (Å²) in [5.41, 5.74) is 1.06. The minimum absolute atomic E-state index is 0.0274. The number of methoxy groups -OCH3 is 1. The predicted molar refractivity (Wildman–Crippen MR) is 130 cm³/mol. The number of rotatable bonds is 5. The van der Waals surface area contributed by atoms with Gasteiger partial charge in [0.15, 0.2) is 0 Å². The Kier molecular flexibility index (Phi) is 5.20. The Hall–Kier alpha value is -2.59. The number of imide groups is 1. The molecule has 2 aliphatic heterocycles. The van der Waals surface area contributed by atoms with Crippen molar-refractivity contribution in [2.75, 3.05) is 7.11 Å². The molecule has 3 fully saturated rings. The van der Waals surface area contributed by atoms with Gasteiger partial charge < -0.3 is 14.8 Å². The van der Waals surface area contributed by atoms with Gasteiger partial charge in [0.05, 0.1) is 24.0 Å². The standard InChI is InChI=1S/C25H26N2O6S2/c1-9(2)18(24(30)31)27-22(28)16-12-8-13(17(16)23(27)29)19-15(12)14(10-4-6-11(33-3)7-5-10)20-21(34-19)26-25(32)35-20/h4-7,9,12-19H,8H2,1-3H3,(H,26,32)(H,30,31). The lowest BCUT2D eigenvalue weighted by Gasteiger charge is -2.43. The second kappa shape index (κ2) is 7.96. The number of thiazole rings is 1. The minimum Gasteiger partial charge on any atom is -0.497 e. The van der Waals surface area contributed by atoms with Crippen LogP contribution in [0.15, 0.2) is 34.1 Å². The number of carboxylic acid groups (broad SMARTS) is 1. The number of benzene rings is 1. The van der Waals surface area contributed by atoms with Crippen molar-refractivity contribution >= 4 is 40.9 Å². The van der Waals surface area contributed by atoms with Gasteiger partial charge in [0.1, 0.15) is 11.8 Å². The molecule has 8 unspecified atom stereocenters. The largest absolute Gasteiger partial charge is 0.497 e. The SMILES string of the molecule is COc1ccc(C2c3sc(=O)[nH]c3SC3C4CC(C5C(=O)N(C(C(=O)O)C(C)C)C(=O)C45)C23)cc1. The van der Waals surface area contributed by atoms with Crippen molar-refractivity contribution in [1.29, 1.82) is 0 Å². The highest BCUT2D eigenvalue weighted by molar-refractivity contribution is 8.00. The van der Waals surface area contributed by atoms with E-state index in [2.05, 4.69) is 4.98 Å². The number of likely N-dealkylation sites (tertiary alicyclic amines) is 1. The van der Waals surface area contributed by atoms with E-state index in [9.17, 15) is 24.3 Å². The van der Waals surface area contributed by atoms with Crippen molar-refractivity contribution in [2.24, 2.45) is 35.5 Å². The van der Waals surface area contributed by atoms with E-state index in [0.29, 0.717) is 0 Å². The Morgan fingerprint density at radius 1 is 1.11 bits per heavy atom. The van der Waals surface area contributed by atoms with Gasteiger partial charge in [-0.3, -0.25) is 19.3 Å². The Morgan fingerprint density at radius 3 is 2.37 bits per heavy atom. The van der Waals surface area contributed by atoms with E-state index in [1.165, 1.54) is 11.3 Å². The number of fused-ring (bicyclic) bond motifs is 9. The second-order valence-electron chi connectivity index (χ2n) is 10.3. The van der Waals surface area contributed by atoms with Crippen LogP contribution < -0.4 is 9.61 Å². The molecule has 2 bridgehead atoms. The van der Waals surface area contributed by atoms with Crippen LogP contribution in [0.5, 0.6) is 5.75 Å². The average Bonchev–Trinajstić information content (AvgIpc) is 3.54. The molecule has 8 nitrogen and oxygen atoms in total. The molecule has 2 aromatic rings. The molecule has 1 aromatic heterocycles. The number of nitrogens with zero attached hydrogens (tertiary/aromatic N) is 1. The lowest BCUT2D eigenvalue weighted by molar-refractivity contribution is -0.157. The minimum atomic E-state index is -1.15. The van der Waals surface area contributed by atoms with Crippen molar-refractivity contribution in [3.05, 3.63) is 44.4 Å². The van der Waals surface area contributed by atoms with Gasteiger partial charge in [0, 0.05) is 16.0 Å². The molecular weight excluding hydrogens is 488 g/mol. The number of H-pyrrole nitrogens is 1. The number of aromatic nitrogens is 1. The van der Waals surface area contributed by atoms with Gasteiger partial charge in [0.25, 0.3) is 0 Å². The van der Waals surface area contributed by atoms with Crippen LogP contribution >= 0.6 is 23.1 Å². The van der Waals surface area contributed by atoms with Crippen molar-refractivity contribution in [2.45, 2.75) is 42.5 Å². The fourth-order valence-electron chi connectivity index (χ4n) is 7.19. The third-order valence-corrected chi connectivity index (χ3v) is 11.0. The number of carbonyl (C=O) groups is 3. The highest BCUT2D eigenvalue weighted by Gasteiger charge is 2.70. The lowest BCUT2D eigenvalue weighted by Crippen LogP contribution is -2.49. The molecule has 2 amide bonds. The van der Waals surface area contributed by atoms with Crippen molar-refractivity contribution in [1.82, 2.24) is 9.88 Å². The number of carbonyl (C=O) groups excluding carboxylic acids is 2. The van der Waals surface area contributed by atoms with Gasteiger partial charge >= 0.3 is 10.8 Å². The molecule has 10 heteroatoms. The number of aliphatic carboxylic acids is 1. The smallest absolute Gasteiger partial charge is 0.327 e. The van der Waals surface area contributed by atoms with Gasteiger partial charge in [0.2, 0.25) is 11.8 Å². The number of hydrogen-bond donors (Lipinski definition) is 2. The first-order chi connectivity index (χ1) is 16.7. The van der Waals surface area contributed by atoms with Gasteiger partial charge in [-0.2, -0.15) is 0 Å². The fraction of sp³-hybridized carbons (Fsp3) is 0.520. The molecule has 2 N–H and O–H groups in total. The zero-order chi connectivity index (χ0) is 24.8. The van der Waals surface area contributed by atoms with E-state index < -0.39 is 23.8 Å². The van der Waals surface area contributed by atoms with Crippen LogP contribution in [-0.4, -0.2) is 51.2 Å². The summed E-state index contributed by atoms with van der Waals surface area (Å²) < 4.78 is 5.33. The van der Waals surface area contributed by atoms with Gasteiger partial charge in [-0.1, -0.05) is 37.3 Å². The summed E-state index contributed by atoms with van der Waals surface area (Å²) in [6, 6.07) is 6.69. The molecule has 0 spiro atoms. The molecule has 6 rings (SSSR count). The van der Waals surface area contributed by atoms with E-state index in [1.54, 1.807) is 32.7 Å². The number of carboxylic acids is 1. The molecule has 184 valence electrons. The normalized spacial score (nSPS) is 33.6. The van der Waals surface area contributed by atoms with Crippen LogP contribution in [-0.2, 0) is 14.4 Å². The third-order valence-electron chi connectivity index (χ3n) is 8.40. The number of ether oxygens (including phenoxy) is 1. The molecule has 8 atom stereocenters. The van der Waals surface area contributed by atoms with Gasteiger partial charge in [-0.25, -0.2) is 4.79 Å². The number of aromatic amines is 1. The Labute approximate surface area is 210 Å². The second-order valence-corrected chi connectivity index (χ2v) is 12.5. The van der Waals surface area contributed by atoms with E-state index in [4.69, 9.17) is 4.74 Å². The van der Waals surface area contributed by atoms with Gasteiger partial charge in [-0.05, 0) is 47.8 Å². The van der Waals surface area contributed by atoms with Crippen LogP contribution in [0.1, 0.15) is 36.6 Å². The fourth-order valence-corrected chi connectivity index (χ4v) is 10.1. The van der Waals surface area contributed by atoms with Crippen molar-refractivity contribution < 1.29 is 24.2 Å². The molecule has 1 saturated heterocycles. The molecule has 1 aromatic carbocycles. The van der Waals surface area contributed by atoms with Crippen LogP contribution in [0.2, 0.25) is 0 Å². The highest BCUT2D eigenvalue weighted by atomic mass is 32.2. The first-order valence-electron chi connectivity index (χ1n) is 11.9. The molecule has 3 heterocycles. The number of amides is 2. The van der Waals surface area contributed by atoms with E-state index in [-0.39, 0.29) is 51.5 Å². The highest BCUT2D eigenvalue weighted by Crippen LogP contribution is 2.68. The van der Waals surface area contributed by atoms with Crippen molar-refractivity contribution in [3.8, 4) is 5.75 Å². The molecule has 0 radical (unpaired) electrons. The monoisotopic (exact) mass is 514 g/mol. The molecule has 35 heavy (non-hydrogen) atoms. The molecule has 4 aliphatic rings. The number of nitrogens with one attached hydrogen (secondary N) is 1.